The third-order valence-corrected chi connectivity index (χ3v) is 9.42. The van der Waals surface area contributed by atoms with Gasteiger partial charge in [-0.1, -0.05) is 49.9 Å². The molecule has 7 nitrogen and oxygen atoms in total. The monoisotopic (exact) mass is 486 g/mol. The number of hydrogen-bond acceptors (Lipinski definition) is 7. The summed E-state index contributed by atoms with van der Waals surface area (Å²) in [5.74, 6) is 0.755. The number of carbonyl (C=O) groups is 1. The van der Waals surface area contributed by atoms with Gasteiger partial charge in [-0.15, -0.1) is 16.8 Å². The van der Waals surface area contributed by atoms with Gasteiger partial charge in [0.2, 0.25) is 0 Å². The summed E-state index contributed by atoms with van der Waals surface area (Å²) in [6.45, 7) is 10.4. The van der Waals surface area contributed by atoms with E-state index >= 15 is 0 Å². The summed E-state index contributed by atoms with van der Waals surface area (Å²) in [6.07, 6.45) is 4.03. The Kier molecular flexibility index (Phi) is 6.30. The fourth-order valence-electron chi connectivity index (χ4n) is 4.72. The molecule has 0 spiro atoms. The number of ketones is 1. The van der Waals surface area contributed by atoms with E-state index in [1.165, 1.54) is 17.3 Å². The normalized spacial score (nSPS) is 23.0. The minimum Gasteiger partial charge on any atom is -0.347 e. The average molecular weight is 487 g/mol. The van der Waals surface area contributed by atoms with E-state index in [0.717, 1.165) is 11.4 Å². The van der Waals surface area contributed by atoms with E-state index in [9.17, 15) is 13.2 Å². The first-order valence-corrected chi connectivity index (χ1v) is 13.8. The fourth-order valence-corrected chi connectivity index (χ4v) is 7.34. The zero-order valence-corrected chi connectivity index (χ0v) is 21.1. The van der Waals surface area contributed by atoms with Crippen molar-refractivity contribution in [1.29, 1.82) is 0 Å². The predicted molar refractivity (Wildman–Crippen MR) is 133 cm³/mol. The van der Waals surface area contributed by atoms with Crippen LogP contribution in [0.2, 0.25) is 0 Å². The molecule has 2 aliphatic rings. The van der Waals surface area contributed by atoms with E-state index in [-0.39, 0.29) is 33.9 Å². The molecule has 1 aromatic heterocycles. The van der Waals surface area contributed by atoms with Crippen molar-refractivity contribution in [3.63, 3.8) is 0 Å². The van der Waals surface area contributed by atoms with Crippen molar-refractivity contribution < 1.29 is 13.2 Å². The Balaban J connectivity index is 1.56. The Labute approximate surface area is 199 Å². The molecule has 2 aromatic rings. The summed E-state index contributed by atoms with van der Waals surface area (Å²) >= 11 is 1.35. The zero-order valence-electron chi connectivity index (χ0n) is 19.5. The van der Waals surface area contributed by atoms with E-state index in [2.05, 4.69) is 47.7 Å². The topological polar surface area (TPSA) is 85.2 Å². The number of carbonyl (C=O) groups excluding carboxylic acids is 1. The highest BCUT2D eigenvalue weighted by Crippen LogP contribution is 2.46. The van der Waals surface area contributed by atoms with Crippen LogP contribution in [0, 0.1) is 0 Å². The van der Waals surface area contributed by atoms with E-state index in [1.54, 1.807) is 12.2 Å². The van der Waals surface area contributed by atoms with Gasteiger partial charge < -0.3 is 9.47 Å². The lowest BCUT2D eigenvalue weighted by Gasteiger charge is -2.24. The van der Waals surface area contributed by atoms with E-state index in [4.69, 9.17) is 0 Å². The van der Waals surface area contributed by atoms with Crippen LogP contribution in [0.25, 0.3) is 0 Å². The molecule has 176 valence electrons. The second-order valence-electron chi connectivity index (χ2n) is 9.23. The largest absolute Gasteiger partial charge is 0.347 e. The van der Waals surface area contributed by atoms with E-state index < -0.39 is 9.84 Å². The lowest BCUT2D eigenvalue weighted by Crippen LogP contribution is -2.25. The summed E-state index contributed by atoms with van der Waals surface area (Å²) in [6, 6.07) is 8.21. The third-order valence-electron chi connectivity index (χ3n) is 6.56. The Morgan fingerprint density at radius 3 is 2.70 bits per heavy atom. The maximum absolute atomic E-state index is 13.2. The fraction of sp³-hybridized carbons (Fsp3) is 0.458. The molecule has 1 aromatic carbocycles. The number of sulfone groups is 1. The number of hydrogen-bond donors (Lipinski definition) is 0. The van der Waals surface area contributed by atoms with E-state index in [0.29, 0.717) is 23.9 Å². The molecule has 0 bridgehead atoms. The lowest BCUT2D eigenvalue weighted by atomic mass is 9.83. The Morgan fingerprint density at radius 2 is 2.06 bits per heavy atom. The van der Waals surface area contributed by atoms with Crippen molar-refractivity contribution in [2.75, 3.05) is 23.5 Å². The Bertz CT molecular complexity index is 1230. The van der Waals surface area contributed by atoms with Gasteiger partial charge in [0, 0.05) is 42.4 Å². The van der Waals surface area contributed by atoms with Crippen LogP contribution in [-0.4, -0.2) is 52.8 Å². The first-order valence-electron chi connectivity index (χ1n) is 11.1. The number of benzene rings is 1. The number of anilines is 1. The van der Waals surface area contributed by atoms with Crippen molar-refractivity contribution in [1.82, 2.24) is 14.8 Å². The molecule has 0 radical (unpaired) electrons. The quantitative estimate of drug-likeness (QED) is 0.335. The van der Waals surface area contributed by atoms with Crippen LogP contribution in [0.3, 0.4) is 0 Å². The van der Waals surface area contributed by atoms with Gasteiger partial charge in [-0.05, 0) is 25.0 Å². The number of fused-ring (bicyclic) bond motifs is 1. The van der Waals surface area contributed by atoms with Crippen LogP contribution in [-0.2, 0) is 26.6 Å². The molecule has 1 saturated heterocycles. The molecule has 2 unspecified atom stereocenters. The number of likely N-dealkylation sites (N-methyl/N-ethyl adjacent to an activating group) is 1. The maximum Gasteiger partial charge on any atom is 0.192 e. The highest BCUT2D eigenvalue weighted by Gasteiger charge is 2.39. The number of aromatic nitrogens is 3. The summed E-state index contributed by atoms with van der Waals surface area (Å²) < 4.78 is 25.8. The van der Waals surface area contributed by atoms with Gasteiger partial charge in [-0.3, -0.25) is 4.79 Å². The highest BCUT2D eigenvalue weighted by atomic mass is 32.2. The molecule has 9 heteroatoms. The molecule has 0 N–H and O–H groups in total. The molecule has 33 heavy (non-hydrogen) atoms. The number of allylic oxidation sites excluding steroid dienone is 3. The first kappa shape index (κ1) is 23.8. The zero-order chi connectivity index (χ0) is 24.0. The van der Waals surface area contributed by atoms with Crippen LogP contribution < -0.4 is 4.90 Å². The Hall–Kier alpha value is -2.39. The van der Waals surface area contributed by atoms with Crippen molar-refractivity contribution in [2.45, 2.75) is 55.5 Å². The predicted octanol–water partition coefficient (Wildman–Crippen LogP) is 3.73. The van der Waals surface area contributed by atoms with Crippen molar-refractivity contribution >= 4 is 33.1 Å². The molecule has 3 heterocycles. The molecule has 2 aliphatic heterocycles. The lowest BCUT2D eigenvalue weighted by molar-refractivity contribution is -0.114. The number of rotatable bonds is 7. The molecule has 2 atom stereocenters. The van der Waals surface area contributed by atoms with Crippen molar-refractivity contribution in [3.05, 3.63) is 60.1 Å². The highest BCUT2D eigenvalue weighted by molar-refractivity contribution is 8.00. The third kappa shape index (κ3) is 4.40. The van der Waals surface area contributed by atoms with Crippen LogP contribution in [0.1, 0.15) is 44.5 Å². The second-order valence-corrected chi connectivity index (χ2v) is 12.8. The van der Waals surface area contributed by atoms with Crippen LogP contribution in [0.15, 0.2) is 53.8 Å². The van der Waals surface area contributed by atoms with Gasteiger partial charge in [0.1, 0.15) is 5.82 Å². The summed E-state index contributed by atoms with van der Waals surface area (Å²) in [4.78, 5) is 15.3. The van der Waals surface area contributed by atoms with Gasteiger partial charge in [0.05, 0.1) is 16.8 Å². The smallest absolute Gasteiger partial charge is 0.192 e. The molecule has 4 rings (SSSR count). The van der Waals surface area contributed by atoms with Crippen molar-refractivity contribution in [2.24, 2.45) is 0 Å². The van der Waals surface area contributed by atoms with Gasteiger partial charge in [0.15, 0.2) is 20.8 Å². The second kappa shape index (κ2) is 8.76. The minimum atomic E-state index is -3.04. The molecular formula is C24H30N4O3S2. The van der Waals surface area contributed by atoms with E-state index in [1.807, 2.05) is 30.7 Å². The summed E-state index contributed by atoms with van der Waals surface area (Å²) in [5.41, 5.74) is 3.01. The van der Waals surface area contributed by atoms with Crippen LogP contribution in [0.5, 0.6) is 0 Å². The SMILES string of the molecule is C=CCn1c(SC(C)C(=O)/C=C2\N(C)c3ccccc3C2(C)C)nnc1C1CCS(=O)(=O)C1. The first-order chi connectivity index (χ1) is 15.5. The van der Waals surface area contributed by atoms with Crippen molar-refractivity contribution in [3.8, 4) is 0 Å². The van der Waals surface area contributed by atoms with Gasteiger partial charge in [0.25, 0.3) is 0 Å². The molecule has 1 fully saturated rings. The van der Waals surface area contributed by atoms with Gasteiger partial charge in [-0.2, -0.15) is 0 Å². The average Bonchev–Trinajstić information content (AvgIpc) is 3.38. The number of nitrogens with zero attached hydrogens (tertiary/aromatic N) is 4. The maximum atomic E-state index is 13.2. The summed E-state index contributed by atoms with van der Waals surface area (Å²) in [7, 11) is -1.04. The molecule has 0 amide bonds. The summed E-state index contributed by atoms with van der Waals surface area (Å²) in [5, 5.41) is 8.84. The molecule has 0 aliphatic carbocycles. The van der Waals surface area contributed by atoms with Gasteiger partial charge in [-0.25, -0.2) is 8.42 Å². The molecule has 0 saturated carbocycles. The van der Waals surface area contributed by atoms with Gasteiger partial charge >= 0.3 is 0 Å². The number of para-hydroxylation sites is 1. The van der Waals surface area contributed by atoms with Crippen LogP contribution in [0.4, 0.5) is 5.69 Å². The molecular weight excluding hydrogens is 456 g/mol. The number of thioether (sulfide) groups is 1. The minimum absolute atomic E-state index is 0.000813. The standard InChI is InChI=1S/C24H30N4O3S2/c1-6-12-28-22(17-11-13-33(30,31)15-17)25-26-23(28)32-16(2)20(29)14-21-24(3,4)18-9-7-8-10-19(18)27(21)5/h6-10,14,16-17H,1,11-13,15H2,2-5H3/b21-14-. The Morgan fingerprint density at radius 1 is 1.33 bits per heavy atom. The van der Waals surface area contributed by atoms with Crippen LogP contribution >= 0.6 is 11.8 Å².